The smallest absolute Gasteiger partial charge is 0.161 e. The number of methoxy groups -OCH3 is 1. The van der Waals surface area contributed by atoms with Crippen molar-refractivity contribution in [2.24, 2.45) is 0 Å². The van der Waals surface area contributed by atoms with Crippen molar-refractivity contribution in [1.29, 1.82) is 0 Å². The van der Waals surface area contributed by atoms with E-state index in [9.17, 15) is 0 Å². The summed E-state index contributed by atoms with van der Waals surface area (Å²) in [7, 11) is 1.68. The average molecular weight is 251 g/mol. The first-order chi connectivity index (χ1) is 8.56. The van der Waals surface area contributed by atoms with E-state index in [4.69, 9.17) is 9.47 Å². The third kappa shape index (κ3) is 4.57. The molecule has 0 spiro atoms. The van der Waals surface area contributed by atoms with Gasteiger partial charge in [0, 0.05) is 12.6 Å². The molecule has 0 saturated carbocycles. The summed E-state index contributed by atoms with van der Waals surface area (Å²) in [5.74, 6) is 1.62. The van der Waals surface area contributed by atoms with Crippen LogP contribution in [0.2, 0.25) is 0 Å². The van der Waals surface area contributed by atoms with Gasteiger partial charge in [-0.1, -0.05) is 26.8 Å². The van der Waals surface area contributed by atoms with Gasteiger partial charge in [-0.05, 0) is 31.0 Å². The molecule has 0 saturated heterocycles. The minimum Gasteiger partial charge on any atom is -0.493 e. The van der Waals surface area contributed by atoms with Crippen molar-refractivity contribution in [3.05, 3.63) is 23.8 Å². The molecule has 102 valence electrons. The van der Waals surface area contributed by atoms with E-state index in [0.717, 1.165) is 24.5 Å². The zero-order valence-corrected chi connectivity index (χ0v) is 12.1. The van der Waals surface area contributed by atoms with Crippen LogP contribution in [-0.2, 0) is 6.54 Å². The highest BCUT2D eigenvalue weighted by molar-refractivity contribution is 5.43. The second-order valence-electron chi connectivity index (χ2n) is 4.86. The molecule has 3 nitrogen and oxygen atoms in total. The van der Waals surface area contributed by atoms with Gasteiger partial charge in [0.2, 0.25) is 0 Å². The summed E-state index contributed by atoms with van der Waals surface area (Å²) in [5.41, 5.74) is 1.21. The van der Waals surface area contributed by atoms with E-state index < -0.39 is 0 Å². The molecular weight excluding hydrogens is 226 g/mol. The van der Waals surface area contributed by atoms with Gasteiger partial charge < -0.3 is 14.8 Å². The number of hydrogen-bond donors (Lipinski definition) is 1. The van der Waals surface area contributed by atoms with Crippen LogP contribution < -0.4 is 14.8 Å². The number of hydrogen-bond acceptors (Lipinski definition) is 3. The summed E-state index contributed by atoms with van der Waals surface area (Å²) in [6.45, 7) is 9.29. The molecule has 0 fully saturated rings. The van der Waals surface area contributed by atoms with Gasteiger partial charge in [0.25, 0.3) is 0 Å². The fourth-order valence-electron chi connectivity index (χ4n) is 1.54. The quantitative estimate of drug-likeness (QED) is 0.806. The summed E-state index contributed by atoms with van der Waals surface area (Å²) >= 11 is 0. The van der Waals surface area contributed by atoms with Gasteiger partial charge in [0.1, 0.15) is 0 Å². The summed E-state index contributed by atoms with van der Waals surface area (Å²) < 4.78 is 11.2. The fourth-order valence-corrected chi connectivity index (χ4v) is 1.54. The molecule has 0 radical (unpaired) electrons. The van der Waals surface area contributed by atoms with Crippen LogP contribution >= 0.6 is 0 Å². The van der Waals surface area contributed by atoms with Crippen LogP contribution in [0.1, 0.15) is 39.7 Å². The Labute approximate surface area is 110 Å². The van der Waals surface area contributed by atoms with E-state index in [0.29, 0.717) is 6.04 Å². The van der Waals surface area contributed by atoms with E-state index >= 15 is 0 Å². The Balaban J connectivity index is 2.76. The Morgan fingerprint density at radius 1 is 1.17 bits per heavy atom. The van der Waals surface area contributed by atoms with E-state index in [1.54, 1.807) is 7.11 Å². The Morgan fingerprint density at radius 2 is 1.89 bits per heavy atom. The van der Waals surface area contributed by atoms with Crippen molar-refractivity contribution in [1.82, 2.24) is 5.32 Å². The van der Waals surface area contributed by atoms with Gasteiger partial charge in [-0.15, -0.1) is 0 Å². The summed E-state index contributed by atoms with van der Waals surface area (Å²) in [6.07, 6.45) is 1.19. The lowest BCUT2D eigenvalue weighted by atomic mass is 10.2. The molecule has 0 aromatic heterocycles. The highest BCUT2D eigenvalue weighted by atomic mass is 16.5. The van der Waals surface area contributed by atoms with Crippen LogP contribution in [-0.4, -0.2) is 19.3 Å². The molecule has 3 heteroatoms. The second kappa shape index (κ2) is 7.27. The molecule has 0 aliphatic heterocycles. The molecule has 0 amide bonds. The van der Waals surface area contributed by atoms with Crippen LogP contribution in [0.25, 0.3) is 0 Å². The van der Waals surface area contributed by atoms with Crippen LogP contribution in [0, 0.1) is 0 Å². The van der Waals surface area contributed by atoms with Gasteiger partial charge in [-0.3, -0.25) is 0 Å². The number of benzene rings is 1. The summed E-state index contributed by atoms with van der Waals surface area (Å²) in [4.78, 5) is 0. The maximum absolute atomic E-state index is 5.82. The van der Waals surface area contributed by atoms with Crippen LogP contribution in [0.5, 0.6) is 11.5 Å². The zero-order valence-electron chi connectivity index (χ0n) is 12.1. The van der Waals surface area contributed by atoms with E-state index in [-0.39, 0.29) is 6.10 Å². The Hall–Kier alpha value is -1.22. The average Bonchev–Trinajstić information content (AvgIpc) is 2.37. The molecular formula is C15H25NO2. The predicted octanol–water partition coefficient (Wildman–Crippen LogP) is 3.37. The van der Waals surface area contributed by atoms with Gasteiger partial charge >= 0.3 is 0 Å². The summed E-state index contributed by atoms with van der Waals surface area (Å²) in [6, 6.07) is 6.58. The predicted molar refractivity (Wildman–Crippen MR) is 75.4 cm³/mol. The highest BCUT2D eigenvalue weighted by Gasteiger charge is 2.08. The fraction of sp³-hybridized carbons (Fsp3) is 0.600. The van der Waals surface area contributed by atoms with Crippen molar-refractivity contribution in [2.75, 3.05) is 7.11 Å². The van der Waals surface area contributed by atoms with Gasteiger partial charge in [0.15, 0.2) is 11.5 Å². The monoisotopic (exact) mass is 251 g/mol. The lowest BCUT2D eigenvalue weighted by Gasteiger charge is -2.16. The third-order valence-corrected chi connectivity index (χ3v) is 2.85. The largest absolute Gasteiger partial charge is 0.493 e. The lowest BCUT2D eigenvalue weighted by molar-refractivity contribution is 0.207. The van der Waals surface area contributed by atoms with Crippen molar-refractivity contribution in [3.63, 3.8) is 0 Å². The molecule has 0 bridgehead atoms. The minimum absolute atomic E-state index is 0.207. The standard InChI is InChI=1S/C15H25NO2/c1-6-12(4)18-14-8-7-13(9-15(14)17-5)10-16-11(2)3/h7-9,11-12,16H,6,10H2,1-5H3/t12-/m0/s1. The highest BCUT2D eigenvalue weighted by Crippen LogP contribution is 2.29. The van der Waals surface area contributed by atoms with Crippen LogP contribution in [0.15, 0.2) is 18.2 Å². The van der Waals surface area contributed by atoms with E-state index in [2.05, 4.69) is 39.1 Å². The molecule has 1 aromatic carbocycles. The van der Waals surface area contributed by atoms with Crippen molar-refractivity contribution >= 4 is 0 Å². The van der Waals surface area contributed by atoms with Crippen molar-refractivity contribution in [3.8, 4) is 11.5 Å². The molecule has 1 N–H and O–H groups in total. The Kier molecular flexibility index (Phi) is 5.99. The van der Waals surface area contributed by atoms with Crippen LogP contribution in [0.3, 0.4) is 0 Å². The minimum atomic E-state index is 0.207. The first-order valence-electron chi connectivity index (χ1n) is 6.63. The normalized spacial score (nSPS) is 12.6. The first-order valence-corrected chi connectivity index (χ1v) is 6.63. The maximum Gasteiger partial charge on any atom is 0.161 e. The molecule has 1 rings (SSSR count). The van der Waals surface area contributed by atoms with Gasteiger partial charge in [0.05, 0.1) is 13.2 Å². The van der Waals surface area contributed by atoms with Gasteiger partial charge in [-0.25, -0.2) is 0 Å². The molecule has 1 aromatic rings. The zero-order chi connectivity index (χ0) is 13.5. The number of nitrogens with one attached hydrogen (secondary N) is 1. The van der Waals surface area contributed by atoms with Crippen LogP contribution in [0.4, 0.5) is 0 Å². The van der Waals surface area contributed by atoms with E-state index in [1.165, 1.54) is 5.56 Å². The van der Waals surface area contributed by atoms with Gasteiger partial charge in [-0.2, -0.15) is 0 Å². The SMILES string of the molecule is CC[C@H](C)Oc1ccc(CNC(C)C)cc1OC. The van der Waals surface area contributed by atoms with Crippen molar-refractivity contribution in [2.45, 2.75) is 52.8 Å². The second-order valence-corrected chi connectivity index (χ2v) is 4.86. The molecule has 18 heavy (non-hydrogen) atoms. The summed E-state index contributed by atoms with van der Waals surface area (Å²) in [5, 5.41) is 3.39. The molecule has 0 heterocycles. The topological polar surface area (TPSA) is 30.5 Å². The Bertz CT molecular complexity index is 364. The third-order valence-electron chi connectivity index (χ3n) is 2.85. The number of ether oxygens (including phenoxy) is 2. The molecule has 0 aliphatic rings. The maximum atomic E-state index is 5.82. The molecule has 0 aliphatic carbocycles. The Morgan fingerprint density at radius 3 is 2.44 bits per heavy atom. The van der Waals surface area contributed by atoms with E-state index in [1.807, 2.05) is 12.1 Å². The molecule has 0 unspecified atom stereocenters. The number of rotatable bonds is 7. The molecule has 1 atom stereocenters. The first kappa shape index (κ1) is 14.8. The van der Waals surface area contributed by atoms with Crippen molar-refractivity contribution < 1.29 is 9.47 Å². The lowest BCUT2D eigenvalue weighted by Crippen LogP contribution is -2.21.